The van der Waals surface area contributed by atoms with Gasteiger partial charge >= 0.3 is 0 Å². The molecule has 0 amide bonds. The topological polar surface area (TPSA) is 62.0 Å². The van der Waals surface area contributed by atoms with Gasteiger partial charge in [0.2, 0.25) is 5.88 Å². The third-order valence-electron chi connectivity index (χ3n) is 5.26. The molecule has 1 aromatic heterocycles. The molecule has 6 nitrogen and oxygen atoms in total. The van der Waals surface area contributed by atoms with Gasteiger partial charge < -0.3 is 19.3 Å². The number of aliphatic hydroxyl groups is 1. The number of thioether (sulfide) groups is 1. The lowest BCUT2D eigenvalue weighted by Crippen LogP contribution is -2.37. The van der Waals surface area contributed by atoms with Crippen molar-refractivity contribution in [1.29, 1.82) is 0 Å². The lowest BCUT2D eigenvalue weighted by atomic mass is 10.1. The first-order valence-corrected chi connectivity index (χ1v) is 12.6. The second-order valence-electron chi connectivity index (χ2n) is 8.60. The Morgan fingerprint density at radius 1 is 1.19 bits per heavy atom. The average molecular weight is 448 g/mol. The van der Waals surface area contributed by atoms with Crippen LogP contribution in [-0.2, 0) is 11.3 Å². The summed E-state index contributed by atoms with van der Waals surface area (Å²) in [6.45, 7) is 11.6. The van der Waals surface area contributed by atoms with Gasteiger partial charge in [-0.1, -0.05) is 56.3 Å². The van der Waals surface area contributed by atoms with E-state index in [9.17, 15) is 5.11 Å². The summed E-state index contributed by atoms with van der Waals surface area (Å²) in [4.78, 5) is 4.61. The number of hydrogen-bond donors (Lipinski definition) is 1. The van der Waals surface area contributed by atoms with E-state index in [4.69, 9.17) is 9.26 Å². The van der Waals surface area contributed by atoms with Crippen LogP contribution < -0.4 is 4.90 Å². The number of rotatable bonds is 12. The number of ether oxygens (including phenoxy) is 1. The highest BCUT2D eigenvalue weighted by atomic mass is 32.2. The minimum absolute atomic E-state index is 0.365. The highest BCUT2D eigenvalue weighted by Crippen LogP contribution is 2.33. The standard InChI is InChI=1S/C24H37N3O3S/c1-4-10-26(15-21(28)18-29-17-19(2)3)16-22-23(20-8-6-5-7-9-20)25-30-24(22)27-11-13-31-14-12-27/h5-9,19,21,28H,4,10-18H2,1-3H3/t21-/m0/s1. The van der Waals surface area contributed by atoms with Crippen molar-refractivity contribution >= 4 is 17.6 Å². The van der Waals surface area contributed by atoms with Crippen LogP contribution in [0.5, 0.6) is 0 Å². The molecule has 1 N–H and O–H groups in total. The summed E-state index contributed by atoms with van der Waals surface area (Å²) in [5, 5.41) is 15.1. The van der Waals surface area contributed by atoms with Crippen LogP contribution in [0.1, 0.15) is 32.8 Å². The molecule has 1 atom stereocenters. The van der Waals surface area contributed by atoms with E-state index in [1.54, 1.807) is 0 Å². The third-order valence-corrected chi connectivity index (χ3v) is 6.21. The molecule has 7 heteroatoms. The summed E-state index contributed by atoms with van der Waals surface area (Å²) in [7, 11) is 0. The van der Waals surface area contributed by atoms with Gasteiger partial charge in [0.15, 0.2) is 0 Å². The van der Waals surface area contributed by atoms with E-state index in [-0.39, 0.29) is 0 Å². The highest BCUT2D eigenvalue weighted by Gasteiger charge is 2.26. The van der Waals surface area contributed by atoms with Gasteiger partial charge in [-0.05, 0) is 18.9 Å². The average Bonchev–Trinajstić information content (AvgIpc) is 3.18. The van der Waals surface area contributed by atoms with Crippen LogP contribution in [0.2, 0.25) is 0 Å². The van der Waals surface area contributed by atoms with Gasteiger partial charge in [0.1, 0.15) is 5.69 Å². The number of aromatic nitrogens is 1. The molecule has 1 aliphatic rings. The molecule has 0 bridgehead atoms. The van der Waals surface area contributed by atoms with Gasteiger partial charge in [-0.25, -0.2) is 0 Å². The Hall–Kier alpha value is -1.54. The molecular formula is C24H37N3O3S. The van der Waals surface area contributed by atoms with Gasteiger partial charge in [-0.3, -0.25) is 4.90 Å². The molecule has 0 spiro atoms. The minimum Gasteiger partial charge on any atom is -0.389 e. The molecule has 0 radical (unpaired) electrons. The number of hydrogen-bond acceptors (Lipinski definition) is 7. The van der Waals surface area contributed by atoms with E-state index < -0.39 is 6.10 Å². The van der Waals surface area contributed by atoms with Crippen molar-refractivity contribution in [3.8, 4) is 11.3 Å². The number of nitrogens with zero attached hydrogens (tertiary/aromatic N) is 3. The lowest BCUT2D eigenvalue weighted by Gasteiger charge is -2.29. The van der Waals surface area contributed by atoms with E-state index in [0.29, 0.717) is 32.2 Å². The Labute approximate surface area is 190 Å². The van der Waals surface area contributed by atoms with E-state index >= 15 is 0 Å². The van der Waals surface area contributed by atoms with Gasteiger partial charge in [-0.15, -0.1) is 0 Å². The molecule has 2 heterocycles. The van der Waals surface area contributed by atoms with Crippen LogP contribution in [0.15, 0.2) is 34.9 Å². The van der Waals surface area contributed by atoms with Crippen molar-refractivity contribution in [2.75, 3.05) is 55.8 Å². The summed E-state index contributed by atoms with van der Waals surface area (Å²) in [5.41, 5.74) is 3.08. The summed E-state index contributed by atoms with van der Waals surface area (Å²) >= 11 is 1.98. The van der Waals surface area contributed by atoms with Crippen LogP contribution >= 0.6 is 11.8 Å². The Bertz CT molecular complexity index is 763. The first-order chi connectivity index (χ1) is 15.1. The molecule has 1 fully saturated rings. The molecule has 0 aliphatic carbocycles. The van der Waals surface area contributed by atoms with Crippen LogP contribution in [0, 0.1) is 5.92 Å². The number of anilines is 1. The Balaban J connectivity index is 1.79. The molecule has 31 heavy (non-hydrogen) atoms. The predicted octanol–water partition coefficient (Wildman–Crippen LogP) is 4.14. The Morgan fingerprint density at radius 3 is 2.61 bits per heavy atom. The summed E-state index contributed by atoms with van der Waals surface area (Å²) in [5.74, 6) is 3.55. The predicted molar refractivity (Wildman–Crippen MR) is 129 cm³/mol. The zero-order valence-electron chi connectivity index (χ0n) is 19.1. The summed E-state index contributed by atoms with van der Waals surface area (Å²) < 4.78 is 11.6. The Morgan fingerprint density at radius 2 is 1.94 bits per heavy atom. The molecule has 1 aromatic carbocycles. The fourth-order valence-electron chi connectivity index (χ4n) is 3.85. The minimum atomic E-state index is -0.514. The summed E-state index contributed by atoms with van der Waals surface area (Å²) in [6, 6.07) is 10.2. The van der Waals surface area contributed by atoms with Crippen molar-refractivity contribution in [3.05, 3.63) is 35.9 Å². The second-order valence-corrected chi connectivity index (χ2v) is 9.83. The number of benzene rings is 1. The quantitative estimate of drug-likeness (QED) is 0.525. The highest BCUT2D eigenvalue weighted by molar-refractivity contribution is 7.99. The maximum absolute atomic E-state index is 10.6. The maximum atomic E-state index is 10.6. The summed E-state index contributed by atoms with van der Waals surface area (Å²) in [6.07, 6.45) is 0.501. The molecule has 3 rings (SSSR count). The van der Waals surface area contributed by atoms with Gasteiger partial charge in [0.25, 0.3) is 0 Å². The Kier molecular flexibility index (Phi) is 9.71. The zero-order chi connectivity index (χ0) is 22.1. The van der Waals surface area contributed by atoms with Crippen LogP contribution in [0.4, 0.5) is 5.88 Å². The smallest absolute Gasteiger partial charge is 0.232 e. The fourth-order valence-corrected chi connectivity index (χ4v) is 4.75. The van der Waals surface area contributed by atoms with Crippen molar-refractivity contribution in [3.63, 3.8) is 0 Å². The molecular weight excluding hydrogens is 410 g/mol. The normalized spacial score (nSPS) is 15.7. The largest absolute Gasteiger partial charge is 0.389 e. The van der Waals surface area contributed by atoms with E-state index in [2.05, 4.69) is 47.9 Å². The monoisotopic (exact) mass is 447 g/mol. The SMILES string of the molecule is CCCN(Cc1c(-c2ccccc2)noc1N1CCSCC1)C[C@H](O)COCC(C)C. The molecule has 0 saturated carbocycles. The second kappa shape index (κ2) is 12.5. The first kappa shape index (κ1) is 24.1. The number of aliphatic hydroxyl groups excluding tert-OH is 1. The van der Waals surface area contributed by atoms with Crippen LogP contribution in [0.25, 0.3) is 11.3 Å². The van der Waals surface area contributed by atoms with E-state index in [1.807, 2.05) is 30.0 Å². The van der Waals surface area contributed by atoms with E-state index in [1.165, 1.54) is 0 Å². The maximum Gasteiger partial charge on any atom is 0.232 e. The molecule has 1 saturated heterocycles. The molecule has 0 unspecified atom stereocenters. The molecule has 1 aliphatic heterocycles. The third kappa shape index (κ3) is 7.24. The zero-order valence-corrected chi connectivity index (χ0v) is 19.9. The fraction of sp³-hybridized carbons (Fsp3) is 0.625. The van der Waals surface area contributed by atoms with Crippen LogP contribution in [0.3, 0.4) is 0 Å². The first-order valence-electron chi connectivity index (χ1n) is 11.4. The van der Waals surface area contributed by atoms with Crippen molar-refractivity contribution in [2.24, 2.45) is 5.92 Å². The van der Waals surface area contributed by atoms with Gasteiger partial charge in [0, 0.05) is 49.9 Å². The van der Waals surface area contributed by atoms with E-state index in [0.717, 1.165) is 60.3 Å². The van der Waals surface area contributed by atoms with Crippen LogP contribution in [-0.4, -0.2) is 72.2 Å². The van der Waals surface area contributed by atoms with Gasteiger partial charge in [0.05, 0.1) is 18.3 Å². The molecule has 2 aromatic rings. The van der Waals surface area contributed by atoms with Crippen molar-refractivity contribution in [2.45, 2.75) is 39.8 Å². The lowest BCUT2D eigenvalue weighted by molar-refractivity contribution is 0.00693. The van der Waals surface area contributed by atoms with Crippen molar-refractivity contribution in [1.82, 2.24) is 10.1 Å². The van der Waals surface area contributed by atoms with Crippen molar-refractivity contribution < 1.29 is 14.4 Å². The van der Waals surface area contributed by atoms with Gasteiger partial charge in [-0.2, -0.15) is 11.8 Å². The molecule has 172 valence electrons.